The first kappa shape index (κ1) is 16.0. The Balaban J connectivity index is 2.59. The van der Waals surface area contributed by atoms with Gasteiger partial charge in [0.1, 0.15) is 0 Å². The third-order valence-electron chi connectivity index (χ3n) is 4.46. The van der Waals surface area contributed by atoms with Crippen molar-refractivity contribution in [2.75, 3.05) is 13.1 Å². The van der Waals surface area contributed by atoms with E-state index in [0.717, 1.165) is 19.4 Å². The Morgan fingerprint density at radius 3 is 2.47 bits per heavy atom. The van der Waals surface area contributed by atoms with E-state index in [1.807, 2.05) is 13.8 Å². The minimum Gasteiger partial charge on any atom is -0.481 e. The summed E-state index contributed by atoms with van der Waals surface area (Å²) in [5.41, 5.74) is -0.840. The molecule has 1 aliphatic heterocycles. The van der Waals surface area contributed by atoms with Gasteiger partial charge in [0, 0.05) is 6.54 Å². The number of hydrogen-bond donors (Lipinski definition) is 3. The van der Waals surface area contributed by atoms with Crippen molar-refractivity contribution in [3.8, 4) is 0 Å². The monoisotopic (exact) mass is 270 g/mol. The molecule has 0 radical (unpaired) electrons. The summed E-state index contributed by atoms with van der Waals surface area (Å²) >= 11 is 0. The summed E-state index contributed by atoms with van der Waals surface area (Å²) in [6.45, 7) is 6.82. The molecule has 0 bridgehead atoms. The van der Waals surface area contributed by atoms with Crippen LogP contribution in [0.1, 0.15) is 46.5 Å². The molecule has 0 aromatic rings. The topological polar surface area (TPSA) is 78.4 Å². The molecular formula is C14H26N2O3. The van der Waals surface area contributed by atoms with E-state index in [0.29, 0.717) is 18.8 Å². The van der Waals surface area contributed by atoms with Gasteiger partial charge in [-0.2, -0.15) is 0 Å². The van der Waals surface area contributed by atoms with Gasteiger partial charge in [-0.25, -0.2) is 0 Å². The summed E-state index contributed by atoms with van der Waals surface area (Å²) in [5, 5.41) is 15.4. The van der Waals surface area contributed by atoms with Crippen molar-refractivity contribution in [3.05, 3.63) is 0 Å². The predicted molar refractivity (Wildman–Crippen MR) is 73.8 cm³/mol. The molecule has 1 aliphatic rings. The summed E-state index contributed by atoms with van der Waals surface area (Å²) in [6, 6.07) is -0.186. The first-order chi connectivity index (χ1) is 8.96. The number of aliphatic carboxylic acids is 1. The Bertz CT molecular complexity index is 327. The standard InChI is InChI=1S/C14H26N2O3/c1-4-14(5-2,13(18)19)9-16-12(17)11-10(3)7-6-8-15-11/h10-11,15H,4-9H2,1-3H3,(H,16,17)(H,18,19). The van der Waals surface area contributed by atoms with E-state index < -0.39 is 11.4 Å². The molecule has 2 unspecified atom stereocenters. The Morgan fingerprint density at radius 2 is 2.00 bits per heavy atom. The maximum Gasteiger partial charge on any atom is 0.311 e. The SMILES string of the molecule is CCC(CC)(CNC(=O)C1NCCCC1C)C(=O)O. The van der Waals surface area contributed by atoms with Crippen LogP contribution in [0.2, 0.25) is 0 Å². The molecule has 1 amide bonds. The largest absolute Gasteiger partial charge is 0.481 e. The van der Waals surface area contributed by atoms with E-state index in [2.05, 4.69) is 17.6 Å². The van der Waals surface area contributed by atoms with Crippen LogP contribution in [0.3, 0.4) is 0 Å². The third kappa shape index (κ3) is 3.69. The number of nitrogens with one attached hydrogen (secondary N) is 2. The van der Waals surface area contributed by atoms with Gasteiger partial charge < -0.3 is 15.7 Å². The molecule has 0 aromatic heterocycles. The second-order valence-electron chi connectivity index (χ2n) is 5.56. The van der Waals surface area contributed by atoms with E-state index in [4.69, 9.17) is 0 Å². The predicted octanol–water partition coefficient (Wildman–Crippen LogP) is 1.38. The van der Waals surface area contributed by atoms with Crippen molar-refractivity contribution in [2.45, 2.75) is 52.5 Å². The van der Waals surface area contributed by atoms with Crippen molar-refractivity contribution in [1.82, 2.24) is 10.6 Å². The number of carbonyl (C=O) groups excluding carboxylic acids is 1. The number of hydrogen-bond acceptors (Lipinski definition) is 3. The summed E-state index contributed by atoms with van der Waals surface area (Å²) in [6.07, 6.45) is 3.17. The van der Waals surface area contributed by atoms with Crippen LogP contribution in [0.4, 0.5) is 0 Å². The minimum absolute atomic E-state index is 0.0697. The van der Waals surface area contributed by atoms with Gasteiger partial charge in [0.2, 0.25) is 5.91 Å². The summed E-state index contributed by atoms with van der Waals surface area (Å²) in [5.74, 6) is -0.599. The van der Waals surface area contributed by atoms with Crippen LogP contribution in [0, 0.1) is 11.3 Å². The molecule has 1 fully saturated rings. The highest BCUT2D eigenvalue weighted by molar-refractivity contribution is 5.83. The molecule has 0 saturated carbocycles. The normalized spacial score (nSPS) is 23.9. The van der Waals surface area contributed by atoms with Gasteiger partial charge in [-0.05, 0) is 38.1 Å². The molecule has 2 atom stereocenters. The zero-order chi connectivity index (χ0) is 14.5. The highest BCUT2D eigenvalue weighted by Gasteiger charge is 2.36. The molecule has 1 rings (SSSR count). The number of carboxylic acid groups (broad SMARTS) is 1. The lowest BCUT2D eigenvalue weighted by molar-refractivity contribution is -0.149. The van der Waals surface area contributed by atoms with Crippen LogP contribution in [0.15, 0.2) is 0 Å². The highest BCUT2D eigenvalue weighted by atomic mass is 16.4. The van der Waals surface area contributed by atoms with E-state index in [9.17, 15) is 14.7 Å². The lowest BCUT2D eigenvalue weighted by Crippen LogP contribution is -2.53. The fourth-order valence-electron chi connectivity index (χ4n) is 2.64. The number of amides is 1. The van der Waals surface area contributed by atoms with Crippen LogP contribution >= 0.6 is 0 Å². The average molecular weight is 270 g/mol. The molecule has 5 nitrogen and oxygen atoms in total. The smallest absolute Gasteiger partial charge is 0.311 e. The maximum absolute atomic E-state index is 12.1. The van der Waals surface area contributed by atoms with Gasteiger partial charge in [-0.1, -0.05) is 20.8 Å². The molecule has 3 N–H and O–H groups in total. The Labute approximate surface area is 115 Å². The van der Waals surface area contributed by atoms with Gasteiger partial charge >= 0.3 is 5.97 Å². The zero-order valence-corrected chi connectivity index (χ0v) is 12.2. The van der Waals surface area contributed by atoms with Gasteiger partial charge in [0.25, 0.3) is 0 Å². The van der Waals surface area contributed by atoms with E-state index in [1.54, 1.807) is 0 Å². The molecule has 110 valence electrons. The molecule has 0 aromatic carbocycles. The van der Waals surface area contributed by atoms with Crippen molar-refractivity contribution < 1.29 is 14.7 Å². The molecular weight excluding hydrogens is 244 g/mol. The molecule has 5 heteroatoms. The van der Waals surface area contributed by atoms with Gasteiger partial charge in [-0.3, -0.25) is 9.59 Å². The van der Waals surface area contributed by atoms with Crippen molar-refractivity contribution >= 4 is 11.9 Å². The molecule has 0 aliphatic carbocycles. The first-order valence-electron chi connectivity index (χ1n) is 7.21. The highest BCUT2D eigenvalue weighted by Crippen LogP contribution is 2.26. The Hall–Kier alpha value is -1.10. The third-order valence-corrected chi connectivity index (χ3v) is 4.46. The second kappa shape index (κ2) is 6.89. The van der Waals surface area contributed by atoms with Crippen LogP contribution in [0.25, 0.3) is 0 Å². The van der Waals surface area contributed by atoms with Crippen LogP contribution in [-0.2, 0) is 9.59 Å². The fourth-order valence-corrected chi connectivity index (χ4v) is 2.64. The lowest BCUT2D eigenvalue weighted by Gasteiger charge is -2.31. The van der Waals surface area contributed by atoms with E-state index in [-0.39, 0.29) is 18.5 Å². The van der Waals surface area contributed by atoms with Crippen LogP contribution < -0.4 is 10.6 Å². The van der Waals surface area contributed by atoms with Crippen LogP contribution in [-0.4, -0.2) is 36.1 Å². The molecule has 1 saturated heterocycles. The van der Waals surface area contributed by atoms with Gasteiger partial charge in [-0.15, -0.1) is 0 Å². The molecule has 1 heterocycles. The Kier molecular flexibility index (Phi) is 5.79. The summed E-state index contributed by atoms with van der Waals surface area (Å²) < 4.78 is 0. The quantitative estimate of drug-likeness (QED) is 0.681. The first-order valence-corrected chi connectivity index (χ1v) is 7.21. The number of carbonyl (C=O) groups is 2. The fraction of sp³-hybridized carbons (Fsp3) is 0.857. The van der Waals surface area contributed by atoms with Crippen molar-refractivity contribution in [3.63, 3.8) is 0 Å². The molecule has 19 heavy (non-hydrogen) atoms. The van der Waals surface area contributed by atoms with E-state index in [1.165, 1.54) is 0 Å². The van der Waals surface area contributed by atoms with E-state index >= 15 is 0 Å². The lowest BCUT2D eigenvalue weighted by atomic mass is 9.82. The zero-order valence-electron chi connectivity index (χ0n) is 12.2. The average Bonchev–Trinajstić information content (AvgIpc) is 2.40. The van der Waals surface area contributed by atoms with Gasteiger partial charge in [0.15, 0.2) is 0 Å². The number of rotatable bonds is 6. The number of piperidine rings is 1. The van der Waals surface area contributed by atoms with Crippen molar-refractivity contribution in [2.24, 2.45) is 11.3 Å². The Morgan fingerprint density at radius 1 is 1.37 bits per heavy atom. The minimum atomic E-state index is -0.840. The van der Waals surface area contributed by atoms with Crippen molar-refractivity contribution in [1.29, 1.82) is 0 Å². The second-order valence-corrected chi connectivity index (χ2v) is 5.56. The number of carboxylic acids is 1. The summed E-state index contributed by atoms with van der Waals surface area (Å²) in [7, 11) is 0. The molecule has 0 spiro atoms. The summed E-state index contributed by atoms with van der Waals surface area (Å²) in [4.78, 5) is 23.5. The van der Waals surface area contributed by atoms with Crippen LogP contribution in [0.5, 0.6) is 0 Å². The van der Waals surface area contributed by atoms with Gasteiger partial charge in [0.05, 0.1) is 11.5 Å². The maximum atomic E-state index is 12.1.